The summed E-state index contributed by atoms with van der Waals surface area (Å²) in [6, 6.07) is 17.1. The SMILES string of the molecule is C[C@@H](Oc1ccccc1)C(=O)NN=Cc1ccc(N(C)C)cc1. The lowest BCUT2D eigenvalue weighted by atomic mass is 10.2. The van der Waals surface area contributed by atoms with Crippen molar-refractivity contribution in [3.8, 4) is 5.75 Å². The number of benzene rings is 2. The average Bonchev–Trinajstić information content (AvgIpc) is 2.56. The summed E-state index contributed by atoms with van der Waals surface area (Å²) >= 11 is 0. The van der Waals surface area contributed by atoms with Gasteiger partial charge in [-0.05, 0) is 36.8 Å². The van der Waals surface area contributed by atoms with E-state index in [2.05, 4.69) is 10.5 Å². The maximum Gasteiger partial charge on any atom is 0.280 e. The van der Waals surface area contributed by atoms with E-state index in [0.29, 0.717) is 5.75 Å². The highest BCUT2D eigenvalue weighted by atomic mass is 16.5. The zero-order valence-corrected chi connectivity index (χ0v) is 13.6. The summed E-state index contributed by atoms with van der Waals surface area (Å²) in [5, 5.41) is 3.96. The van der Waals surface area contributed by atoms with Crippen molar-refractivity contribution in [3.05, 3.63) is 60.2 Å². The Morgan fingerprint density at radius 3 is 2.39 bits per heavy atom. The van der Waals surface area contributed by atoms with Crippen molar-refractivity contribution in [1.29, 1.82) is 0 Å². The van der Waals surface area contributed by atoms with Crippen molar-refractivity contribution < 1.29 is 9.53 Å². The quantitative estimate of drug-likeness (QED) is 0.659. The van der Waals surface area contributed by atoms with E-state index in [1.54, 1.807) is 25.3 Å². The molecule has 1 amide bonds. The first-order valence-corrected chi connectivity index (χ1v) is 7.38. The number of hydrazone groups is 1. The molecule has 0 saturated heterocycles. The molecule has 0 spiro atoms. The maximum absolute atomic E-state index is 11.9. The van der Waals surface area contributed by atoms with E-state index in [9.17, 15) is 4.79 Å². The Labute approximate surface area is 136 Å². The molecule has 5 heteroatoms. The Morgan fingerprint density at radius 2 is 1.78 bits per heavy atom. The fourth-order valence-corrected chi connectivity index (χ4v) is 1.88. The van der Waals surface area contributed by atoms with Gasteiger partial charge in [0.1, 0.15) is 5.75 Å². The second kappa shape index (κ2) is 7.98. The number of hydrogen-bond acceptors (Lipinski definition) is 4. The molecule has 0 aliphatic rings. The third kappa shape index (κ3) is 5.14. The van der Waals surface area contributed by atoms with Crippen molar-refractivity contribution in [3.63, 3.8) is 0 Å². The van der Waals surface area contributed by atoms with Gasteiger partial charge in [-0.2, -0.15) is 5.10 Å². The van der Waals surface area contributed by atoms with Gasteiger partial charge in [0.15, 0.2) is 6.10 Å². The average molecular weight is 311 g/mol. The minimum absolute atomic E-state index is 0.296. The molecule has 5 nitrogen and oxygen atoms in total. The topological polar surface area (TPSA) is 53.9 Å². The zero-order valence-electron chi connectivity index (χ0n) is 13.6. The minimum atomic E-state index is -0.620. The van der Waals surface area contributed by atoms with Gasteiger partial charge in [-0.1, -0.05) is 30.3 Å². The predicted molar refractivity (Wildman–Crippen MR) is 93.0 cm³/mol. The van der Waals surface area contributed by atoms with Crippen LogP contribution in [0.4, 0.5) is 5.69 Å². The van der Waals surface area contributed by atoms with Crippen LogP contribution in [0.25, 0.3) is 0 Å². The van der Waals surface area contributed by atoms with E-state index in [0.717, 1.165) is 11.3 Å². The lowest BCUT2D eigenvalue weighted by Gasteiger charge is -2.12. The normalized spacial score (nSPS) is 12.0. The van der Waals surface area contributed by atoms with E-state index in [-0.39, 0.29) is 5.91 Å². The van der Waals surface area contributed by atoms with Gasteiger partial charge >= 0.3 is 0 Å². The van der Waals surface area contributed by atoms with Crippen LogP contribution in [0.2, 0.25) is 0 Å². The molecular formula is C18H21N3O2. The number of ether oxygens (including phenoxy) is 1. The van der Waals surface area contributed by atoms with Crippen LogP contribution in [0.5, 0.6) is 5.75 Å². The number of rotatable bonds is 6. The summed E-state index contributed by atoms with van der Waals surface area (Å²) in [6.07, 6.45) is 0.984. The van der Waals surface area contributed by atoms with Crippen LogP contribution in [-0.2, 0) is 4.79 Å². The molecule has 2 rings (SSSR count). The van der Waals surface area contributed by atoms with Crippen molar-refractivity contribution in [2.75, 3.05) is 19.0 Å². The van der Waals surface area contributed by atoms with Crippen LogP contribution in [0.15, 0.2) is 59.7 Å². The summed E-state index contributed by atoms with van der Waals surface area (Å²) in [4.78, 5) is 13.9. The summed E-state index contributed by atoms with van der Waals surface area (Å²) in [7, 11) is 3.97. The molecule has 0 bridgehead atoms. The maximum atomic E-state index is 11.9. The van der Waals surface area contributed by atoms with Crippen LogP contribution in [0.3, 0.4) is 0 Å². The number of nitrogens with zero attached hydrogens (tertiary/aromatic N) is 2. The lowest BCUT2D eigenvalue weighted by Crippen LogP contribution is -2.33. The van der Waals surface area contributed by atoms with Crippen LogP contribution in [0.1, 0.15) is 12.5 Å². The summed E-state index contributed by atoms with van der Waals surface area (Å²) < 4.78 is 5.53. The first-order chi connectivity index (χ1) is 11.1. The van der Waals surface area contributed by atoms with Crippen LogP contribution in [-0.4, -0.2) is 32.3 Å². The standard InChI is InChI=1S/C18H21N3O2/c1-14(23-17-7-5-4-6-8-17)18(22)20-19-13-15-9-11-16(12-10-15)21(2)3/h4-14H,1-3H3,(H,20,22)/t14-/m1/s1. The molecule has 0 aliphatic heterocycles. The number of anilines is 1. The molecule has 0 aliphatic carbocycles. The van der Waals surface area contributed by atoms with Crippen LogP contribution < -0.4 is 15.1 Å². The van der Waals surface area contributed by atoms with E-state index >= 15 is 0 Å². The Morgan fingerprint density at radius 1 is 1.13 bits per heavy atom. The first kappa shape index (κ1) is 16.5. The third-order valence-electron chi connectivity index (χ3n) is 3.22. The van der Waals surface area contributed by atoms with Gasteiger partial charge < -0.3 is 9.64 Å². The van der Waals surface area contributed by atoms with E-state index in [1.165, 1.54) is 0 Å². The van der Waals surface area contributed by atoms with Gasteiger partial charge in [0.2, 0.25) is 0 Å². The number of nitrogens with one attached hydrogen (secondary N) is 1. The molecular weight excluding hydrogens is 290 g/mol. The molecule has 2 aromatic rings. The molecule has 0 radical (unpaired) electrons. The molecule has 0 unspecified atom stereocenters. The molecule has 23 heavy (non-hydrogen) atoms. The smallest absolute Gasteiger partial charge is 0.280 e. The van der Waals surface area contributed by atoms with E-state index in [1.807, 2.05) is 61.5 Å². The van der Waals surface area contributed by atoms with E-state index < -0.39 is 6.10 Å². The van der Waals surface area contributed by atoms with Gasteiger partial charge in [-0.15, -0.1) is 0 Å². The molecule has 0 saturated carbocycles. The van der Waals surface area contributed by atoms with Gasteiger partial charge in [0.05, 0.1) is 6.21 Å². The van der Waals surface area contributed by atoms with Gasteiger partial charge in [0, 0.05) is 19.8 Å². The predicted octanol–water partition coefficient (Wildman–Crippen LogP) is 2.67. The molecule has 120 valence electrons. The van der Waals surface area contributed by atoms with Crippen molar-refractivity contribution in [2.24, 2.45) is 5.10 Å². The Bertz CT molecular complexity index is 652. The van der Waals surface area contributed by atoms with Crippen LogP contribution in [0, 0.1) is 0 Å². The Balaban J connectivity index is 1.85. The van der Waals surface area contributed by atoms with E-state index in [4.69, 9.17) is 4.74 Å². The molecule has 2 aromatic carbocycles. The largest absolute Gasteiger partial charge is 0.481 e. The molecule has 1 atom stereocenters. The highest BCUT2D eigenvalue weighted by Gasteiger charge is 2.13. The summed E-state index contributed by atoms with van der Waals surface area (Å²) in [5.74, 6) is 0.355. The van der Waals surface area contributed by atoms with Crippen LogP contribution >= 0.6 is 0 Å². The van der Waals surface area contributed by atoms with Crippen molar-refractivity contribution in [2.45, 2.75) is 13.0 Å². The molecule has 1 N–H and O–H groups in total. The number of amides is 1. The monoisotopic (exact) mass is 311 g/mol. The lowest BCUT2D eigenvalue weighted by molar-refractivity contribution is -0.127. The molecule has 0 aromatic heterocycles. The third-order valence-corrected chi connectivity index (χ3v) is 3.22. The number of carbonyl (C=O) groups is 1. The molecule has 0 fully saturated rings. The summed E-state index contributed by atoms with van der Waals surface area (Å²) in [5.41, 5.74) is 4.50. The fraction of sp³-hybridized carbons (Fsp3) is 0.222. The second-order valence-corrected chi connectivity index (χ2v) is 5.29. The van der Waals surface area contributed by atoms with Gasteiger partial charge in [-0.25, -0.2) is 5.43 Å². The highest BCUT2D eigenvalue weighted by molar-refractivity contribution is 5.84. The summed E-state index contributed by atoms with van der Waals surface area (Å²) in [6.45, 7) is 1.68. The first-order valence-electron chi connectivity index (χ1n) is 7.38. The Hall–Kier alpha value is -2.82. The number of para-hydroxylation sites is 1. The molecule has 0 heterocycles. The minimum Gasteiger partial charge on any atom is -0.481 e. The highest BCUT2D eigenvalue weighted by Crippen LogP contribution is 2.11. The van der Waals surface area contributed by atoms with Gasteiger partial charge in [-0.3, -0.25) is 4.79 Å². The van der Waals surface area contributed by atoms with Gasteiger partial charge in [0.25, 0.3) is 5.91 Å². The fourth-order valence-electron chi connectivity index (χ4n) is 1.88. The van der Waals surface area contributed by atoms with Crippen molar-refractivity contribution in [1.82, 2.24) is 5.43 Å². The second-order valence-electron chi connectivity index (χ2n) is 5.29. The number of hydrogen-bond donors (Lipinski definition) is 1. The Kier molecular flexibility index (Phi) is 5.74. The van der Waals surface area contributed by atoms with Crippen molar-refractivity contribution >= 4 is 17.8 Å². The number of carbonyl (C=O) groups excluding carboxylic acids is 1. The zero-order chi connectivity index (χ0) is 16.7.